The number of carbonyl (C=O) groups excluding carboxylic acids is 2. The molecule has 3 heterocycles. The van der Waals surface area contributed by atoms with Gasteiger partial charge in [0.15, 0.2) is 5.76 Å². The van der Waals surface area contributed by atoms with Crippen molar-refractivity contribution in [3.63, 3.8) is 0 Å². The van der Waals surface area contributed by atoms with E-state index in [4.69, 9.17) is 4.42 Å². The Labute approximate surface area is 169 Å². The Balaban J connectivity index is 1.39. The number of anilines is 1. The van der Waals surface area contributed by atoms with Gasteiger partial charge in [-0.3, -0.25) is 14.3 Å². The molecule has 1 N–H and O–H groups in total. The maximum absolute atomic E-state index is 12.6. The molecular weight excluding hydrogens is 368 g/mol. The number of carbonyl (C=O) groups is 2. The molecule has 1 aliphatic heterocycles. The highest BCUT2D eigenvalue weighted by atomic mass is 16.3. The van der Waals surface area contributed by atoms with Crippen molar-refractivity contribution in [2.45, 2.75) is 26.8 Å². The molecule has 0 radical (unpaired) electrons. The van der Waals surface area contributed by atoms with E-state index < -0.39 is 0 Å². The Bertz CT molecular complexity index is 1050. The van der Waals surface area contributed by atoms with Gasteiger partial charge in [-0.25, -0.2) is 0 Å². The van der Waals surface area contributed by atoms with Crippen LogP contribution in [-0.4, -0.2) is 28.1 Å². The zero-order valence-electron chi connectivity index (χ0n) is 16.8. The van der Waals surface area contributed by atoms with Gasteiger partial charge in [0.05, 0.1) is 24.4 Å². The molecular formula is C22H24N4O3. The average molecular weight is 392 g/mol. The van der Waals surface area contributed by atoms with Crippen molar-refractivity contribution >= 4 is 17.5 Å². The van der Waals surface area contributed by atoms with E-state index in [1.807, 2.05) is 57.3 Å². The first-order valence-corrected chi connectivity index (χ1v) is 9.64. The first-order chi connectivity index (χ1) is 13.9. The van der Waals surface area contributed by atoms with Crippen LogP contribution in [0.3, 0.4) is 0 Å². The second-order valence-corrected chi connectivity index (χ2v) is 7.51. The summed E-state index contributed by atoms with van der Waals surface area (Å²) in [7, 11) is 1.83. The smallest absolute Gasteiger partial charge is 0.227 e. The van der Waals surface area contributed by atoms with Gasteiger partial charge < -0.3 is 14.6 Å². The van der Waals surface area contributed by atoms with Crippen LogP contribution in [0.25, 0.3) is 11.5 Å². The second-order valence-electron chi connectivity index (χ2n) is 7.51. The van der Waals surface area contributed by atoms with E-state index in [1.54, 1.807) is 15.8 Å². The molecule has 2 aromatic heterocycles. The third-order valence-electron chi connectivity index (χ3n) is 5.45. The number of aryl methyl sites for hydroxylation is 3. The number of rotatable bonds is 5. The number of aromatic nitrogens is 2. The van der Waals surface area contributed by atoms with E-state index in [1.165, 1.54) is 5.56 Å². The molecule has 3 aromatic rings. The van der Waals surface area contributed by atoms with E-state index in [9.17, 15) is 9.59 Å². The first kappa shape index (κ1) is 19.0. The number of hydrogen-bond acceptors (Lipinski definition) is 4. The first-order valence-electron chi connectivity index (χ1n) is 9.64. The third kappa shape index (κ3) is 3.81. The molecule has 1 aromatic carbocycles. The lowest BCUT2D eigenvalue weighted by Crippen LogP contribution is -2.32. The van der Waals surface area contributed by atoms with Crippen LogP contribution < -0.4 is 10.2 Å². The number of nitrogens with zero attached hydrogens (tertiary/aromatic N) is 3. The molecule has 1 saturated heterocycles. The number of hydrogen-bond donors (Lipinski definition) is 1. The van der Waals surface area contributed by atoms with Gasteiger partial charge in [0.1, 0.15) is 5.69 Å². The molecule has 1 unspecified atom stereocenters. The summed E-state index contributed by atoms with van der Waals surface area (Å²) in [6, 6.07) is 11.5. The average Bonchev–Trinajstić information content (AvgIpc) is 3.42. The highest BCUT2D eigenvalue weighted by molar-refractivity contribution is 6.00. The largest absolute Gasteiger partial charge is 0.463 e. The maximum atomic E-state index is 12.6. The minimum atomic E-state index is -0.364. The highest BCUT2D eigenvalue weighted by Gasteiger charge is 2.35. The minimum Gasteiger partial charge on any atom is -0.463 e. The summed E-state index contributed by atoms with van der Waals surface area (Å²) < 4.78 is 7.13. The van der Waals surface area contributed by atoms with Crippen molar-refractivity contribution in [3.05, 3.63) is 59.5 Å². The number of nitrogens with one attached hydrogen (secondary N) is 1. The summed E-state index contributed by atoms with van der Waals surface area (Å²) in [6.45, 7) is 4.76. The summed E-state index contributed by atoms with van der Waals surface area (Å²) in [5.41, 5.74) is 4.74. The van der Waals surface area contributed by atoms with Crippen molar-refractivity contribution in [2.24, 2.45) is 13.0 Å². The SMILES string of the molecule is Cc1ccc(N2CC(C(=O)NCc3cc(-c4ccco4)n(C)n3)CC2=O)cc1C. The summed E-state index contributed by atoms with van der Waals surface area (Å²) in [4.78, 5) is 26.8. The van der Waals surface area contributed by atoms with E-state index in [0.29, 0.717) is 13.1 Å². The zero-order chi connectivity index (χ0) is 20.5. The lowest BCUT2D eigenvalue weighted by molar-refractivity contribution is -0.126. The van der Waals surface area contributed by atoms with Crippen molar-refractivity contribution in [3.8, 4) is 11.5 Å². The number of furan rings is 1. The van der Waals surface area contributed by atoms with Crippen LogP contribution >= 0.6 is 0 Å². The molecule has 7 heteroatoms. The fourth-order valence-electron chi connectivity index (χ4n) is 3.62. The predicted molar refractivity (Wildman–Crippen MR) is 109 cm³/mol. The second kappa shape index (κ2) is 7.58. The normalized spacial score (nSPS) is 16.4. The molecule has 0 aliphatic carbocycles. The summed E-state index contributed by atoms with van der Waals surface area (Å²) >= 11 is 0. The predicted octanol–water partition coefficient (Wildman–Crippen LogP) is 2.97. The molecule has 150 valence electrons. The quantitative estimate of drug-likeness (QED) is 0.724. The van der Waals surface area contributed by atoms with Gasteiger partial charge in [0.25, 0.3) is 0 Å². The minimum absolute atomic E-state index is 0.0219. The Hall–Kier alpha value is -3.35. The standard InChI is InChI=1S/C22H24N4O3/c1-14-6-7-18(9-15(14)2)26-13-16(10-21(26)27)22(28)23-12-17-11-19(25(3)24-17)20-5-4-8-29-20/h4-9,11,16H,10,12-13H2,1-3H3,(H,23,28). The molecule has 0 bridgehead atoms. The molecule has 0 saturated carbocycles. The fraction of sp³-hybridized carbons (Fsp3) is 0.318. The Morgan fingerprint density at radius 3 is 2.79 bits per heavy atom. The molecule has 7 nitrogen and oxygen atoms in total. The molecule has 1 fully saturated rings. The zero-order valence-corrected chi connectivity index (χ0v) is 16.8. The Morgan fingerprint density at radius 1 is 1.24 bits per heavy atom. The summed E-state index contributed by atoms with van der Waals surface area (Å²) in [6.07, 6.45) is 1.83. The number of benzene rings is 1. The van der Waals surface area contributed by atoms with E-state index in [2.05, 4.69) is 10.4 Å². The lowest BCUT2D eigenvalue weighted by atomic mass is 10.1. The maximum Gasteiger partial charge on any atom is 0.227 e. The fourth-order valence-corrected chi connectivity index (χ4v) is 3.62. The van der Waals surface area contributed by atoms with Gasteiger partial charge in [0.2, 0.25) is 11.8 Å². The van der Waals surface area contributed by atoms with Crippen molar-refractivity contribution in [1.82, 2.24) is 15.1 Å². The Kier molecular flexibility index (Phi) is 4.96. The third-order valence-corrected chi connectivity index (χ3v) is 5.45. The van der Waals surface area contributed by atoms with Gasteiger partial charge in [-0.2, -0.15) is 5.10 Å². The Morgan fingerprint density at radius 2 is 2.07 bits per heavy atom. The van der Waals surface area contributed by atoms with Crippen molar-refractivity contribution in [2.75, 3.05) is 11.4 Å². The van der Waals surface area contributed by atoms with Gasteiger partial charge in [-0.1, -0.05) is 6.07 Å². The molecule has 29 heavy (non-hydrogen) atoms. The summed E-state index contributed by atoms with van der Waals surface area (Å²) in [5.74, 6) is 0.210. The van der Waals surface area contributed by atoms with E-state index >= 15 is 0 Å². The molecule has 4 rings (SSSR count). The monoisotopic (exact) mass is 392 g/mol. The van der Waals surface area contributed by atoms with Crippen molar-refractivity contribution in [1.29, 1.82) is 0 Å². The van der Waals surface area contributed by atoms with Gasteiger partial charge in [-0.05, 0) is 55.3 Å². The van der Waals surface area contributed by atoms with E-state index in [-0.39, 0.29) is 24.2 Å². The van der Waals surface area contributed by atoms with Crippen molar-refractivity contribution < 1.29 is 14.0 Å². The van der Waals surface area contributed by atoms with Gasteiger partial charge in [0, 0.05) is 25.7 Å². The topological polar surface area (TPSA) is 80.4 Å². The van der Waals surface area contributed by atoms with E-state index in [0.717, 1.165) is 28.4 Å². The summed E-state index contributed by atoms with van der Waals surface area (Å²) in [5, 5.41) is 7.34. The molecule has 0 spiro atoms. The van der Waals surface area contributed by atoms with Crippen LogP contribution in [0.1, 0.15) is 23.2 Å². The molecule has 2 amide bonds. The van der Waals surface area contributed by atoms with Crippen LogP contribution in [0, 0.1) is 19.8 Å². The van der Waals surface area contributed by atoms with Crippen LogP contribution in [0.5, 0.6) is 0 Å². The van der Waals surface area contributed by atoms with Gasteiger partial charge in [-0.15, -0.1) is 0 Å². The molecule has 1 aliphatic rings. The molecule has 1 atom stereocenters. The van der Waals surface area contributed by atoms with Crippen LogP contribution in [0.2, 0.25) is 0 Å². The number of amides is 2. The lowest BCUT2D eigenvalue weighted by Gasteiger charge is -2.18. The van der Waals surface area contributed by atoms with Crippen LogP contribution in [-0.2, 0) is 23.2 Å². The van der Waals surface area contributed by atoms with Gasteiger partial charge >= 0.3 is 0 Å². The van der Waals surface area contributed by atoms with Crippen LogP contribution in [0.4, 0.5) is 5.69 Å². The highest BCUT2D eigenvalue weighted by Crippen LogP contribution is 2.27. The van der Waals surface area contributed by atoms with Crippen LogP contribution in [0.15, 0.2) is 47.1 Å².